The number of benzene rings is 1. The van der Waals surface area contributed by atoms with E-state index in [1.54, 1.807) is 13.2 Å². The number of ketones is 1. The van der Waals surface area contributed by atoms with Gasteiger partial charge in [-0.15, -0.1) is 0 Å². The molecule has 4 heteroatoms. The molecule has 1 aromatic rings. The topological polar surface area (TPSA) is 55.4 Å². The second-order valence-corrected chi connectivity index (χ2v) is 4.11. The second kappa shape index (κ2) is 6.79. The van der Waals surface area contributed by atoms with Crippen molar-refractivity contribution in [2.45, 2.75) is 33.1 Å². The van der Waals surface area contributed by atoms with Crippen molar-refractivity contribution in [2.24, 2.45) is 0 Å². The summed E-state index contributed by atoms with van der Waals surface area (Å²) >= 11 is 0. The molecule has 1 aromatic carbocycles. The molecule has 0 unspecified atom stereocenters. The molecule has 1 N–H and O–H groups in total. The van der Waals surface area contributed by atoms with Crippen LogP contribution in [0.25, 0.3) is 0 Å². The molecule has 0 saturated carbocycles. The maximum atomic E-state index is 11.3. The molecule has 98 valence electrons. The van der Waals surface area contributed by atoms with Crippen LogP contribution in [-0.4, -0.2) is 18.8 Å². The maximum absolute atomic E-state index is 11.3. The van der Waals surface area contributed by atoms with E-state index in [1.165, 1.54) is 6.92 Å². The van der Waals surface area contributed by atoms with Crippen molar-refractivity contribution in [3.8, 4) is 5.75 Å². The SMILES string of the molecule is CCC(=O)CCc1ccc(OC)c(NC(C)=O)c1. The molecule has 0 bridgehead atoms. The Morgan fingerprint density at radius 1 is 1.33 bits per heavy atom. The van der Waals surface area contributed by atoms with Gasteiger partial charge in [-0.2, -0.15) is 0 Å². The smallest absolute Gasteiger partial charge is 0.221 e. The lowest BCUT2D eigenvalue weighted by molar-refractivity contribution is -0.118. The van der Waals surface area contributed by atoms with Gasteiger partial charge in [-0.05, 0) is 24.1 Å². The van der Waals surface area contributed by atoms with Crippen LogP contribution in [0.15, 0.2) is 18.2 Å². The van der Waals surface area contributed by atoms with E-state index in [0.29, 0.717) is 30.7 Å². The number of hydrogen-bond acceptors (Lipinski definition) is 3. The van der Waals surface area contributed by atoms with Crippen LogP contribution in [0.1, 0.15) is 32.3 Å². The maximum Gasteiger partial charge on any atom is 0.221 e. The summed E-state index contributed by atoms with van der Waals surface area (Å²) in [7, 11) is 1.56. The lowest BCUT2D eigenvalue weighted by Crippen LogP contribution is -2.08. The fourth-order valence-electron chi connectivity index (χ4n) is 1.66. The lowest BCUT2D eigenvalue weighted by atomic mass is 10.1. The number of nitrogens with one attached hydrogen (secondary N) is 1. The molecule has 18 heavy (non-hydrogen) atoms. The Balaban J connectivity index is 2.81. The third kappa shape index (κ3) is 4.20. The first-order chi connectivity index (χ1) is 8.56. The Hall–Kier alpha value is -1.84. The van der Waals surface area contributed by atoms with Gasteiger partial charge < -0.3 is 10.1 Å². The first-order valence-electron chi connectivity index (χ1n) is 6.03. The minimum Gasteiger partial charge on any atom is -0.495 e. The van der Waals surface area contributed by atoms with E-state index in [2.05, 4.69) is 5.32 Å². The monoisotopic (exact) mass is 249 g/mol. The fraction of sp³-hybridized carbons (Fsp3) is 0.429. The molecular formula is C14H19NO3. The average molecular weight is 249 g/mol. The van der Waals surface area contributed by atoms with Crippen molar-refractivity contribution in [1.82, 2.24) is 0 Å². The lowest BCUT2D eigenvalue weighted by Gasteiger charge is -2.10. The molecule has 0 radical (unpaired) electrons. The number of hydrogen-bond donors (Lipinski definition) is 1. The van der Waals surface area contributed by atoms with Crippen LogP contribution in [0, 0.1) is 0 Å². The summed E-state index contributed by atoms with van der Waals surface area (Å²) in [5.74, 6) is 0.720. The van der Waals surface area contributed by atoms with Gasteiger partial charge in [0.2, 0.25) is 5.91 Å². The van der Waals surface area contributed by atoms with Crippen LogP contribution >= 0.6 is 0 Å². The molecule has 1 rings (SSSR count). The van der Waals surface area contributed by atoms with Crippen molar-refractivity contribution in [3.05, 3.63) is 23.8 Å². The van der Waals surface area contributed by atoms with E-state index in [4.69, 9.17) is 4.74 Å². The van der Waals surface area contributed by atoms with E-state index in [9.17, 15) is 9.59 Å². The van der Waals surface area contributed by atoms with Gasteiger partial charge >= 0.3 is 0 Å². The van der Waals surface area contributed by atoms with E-state index in [0.717, 1.165) is 5.56 Å². The van der Waals surface area contributed by atoms with Gasteiger partial charge in [0, 0.05) is 19.8 Å². The van der Waals surface area contributed by atoms with Crippen molar-refractivity contribution >= 4 is 17.4 Å². The largest absolute Gasteiger partial charge is 0.495 e. The molecule has 0 aliphatic heterocycles. The standard InChI is InChI=1S/C14H19NO3/c1-4-12(17)7-5-11-6-8-14(18-3)13(9-11)15-10(2)16/h6,8-9H,4-5,7H2,1-3H3,(H,15,16). The molecule has 0 aromatic heterocycles. The van der Waals surface area contributed by atoms with Crippen molar-refractivity contribution in [3.63, 3.8) is 0 Å². The van der Waals surface area contributed by atoms with E-state index in [-0.39, 0.29) is 11.7 Å². The number of carbonyl (C=O) groups excluding carboxylic acids is 2. The highest BCUT2D eigenvalue weighted by Crippen LogP contribution is 2.26. The van der Waals surface area contributed by atoms with Gasteiger partial charge in [-0.1, -0.05) is 13.0 Å². The summed E-state index contributed by atoms with van der Waals surface area (Å²) in [6.07, 6.45) is 1.78. The third-order valence-electron chi connectivity index (χ3n) is 2.66. The van der Waals surface area contributed by atoms with Gasteiger partial charge in [0.1, 0.15) is 11.5 Å². The summed E-state index contributed by atoms with van der Waals surface area (Å²) in [5, 5.41) is 2.72. The van der Waals surface area contributed by atoms with Crippen LogP contribution in [0.2, 0.25) is 0 Å². The number of aryl methyl sites for hydroxylation is 1. The van der Waals surface area contributed by atoms with Crippen LogP contribution in [0.4, 0.5) is 5.69 Å². The summed E-state index contributed by atoms with van der Waals surface area (Å²) < 4.78 is 5.17. The molecule has 0 saturated heterocycles. The number of carbonyl (C=O) groups is 2. The van der Waals surface area contributed by atoms with Crippen LogP contribution in [0.3, 0.4) is 0 Å². The second-order valence-electron chi connectivity index (χ2n) is 4.11. The zero-order chi connectivity index (χ0) is 13.5. The number of ether oxygens (including phenoxy) is 1. The number of methoxy groups -OCH3 is 1. The first-order valence-corrected chi connectivity index (χ1v) is 6.03. The van der Waals surface area contributed by atoms with Crippen molar-refractivity contribution in [1.29, 1.82) is 0 Å². The molecule has 0 aliphatic rings. The van der Waals surface area contributed by atoms with Gasteiger partial charge in [0.05, 0.1) is 12.8 Å². The van der Waals surface area contributed by atoms with Crippen molar-refractivity contribution in [2.75, 3.05) is 12.4 Å². The number of anilines is 1. The molecular weight excluding hydrogens is 230 g/mol. The minimum atomic E-state index is -0.143. The van der Waals surface area contributed by atoms with Crippen LogP contribution in [-0.2, 0) is 16.0 Å². The predicted molar refractivity (Wildman–Crippen MR) is 70.9 cm³/mol. The predicted octanol–water partition coefficient (Wildman–Crippen LogP) is 2.57. The average Bonchev–Trinajstić information content (AvgIpc) is 2.35. The minimum absolute atomic E-state index is 0.143. The number of amides is 1. The Morgan fingerprint density at radius 2 is 2.06 bits per heavy atom. The number of Topliss-reactive ketones (excluding diaryl/α,β-unsaturated/α-hetero) is 1. The van der Waals surface area contributed by atoms with Gasteiger partial charge in [-0.3, -0.25) is 9.59 Å². The molecule has 4 nitrogen and oxygen atoms in total. The fourth-order valence-corrected chi connectivity index (χ4v) is 1.66. The molecule has 0 heterocycles. The zero-order valence-corrected chi connectivity index (χ0v) is 11.1. The summed E-state index contributed by atoms with van der Waals surface area (Å²) in [6.45, 7) is 3.31. The molecule has 0 atom stereocenters. The Labute approximate surface area is 107 Å². The first kappa shape index (κ1) is 14.2. The quantitative estimate of drug-likeness (QED) is 0.843. The summed E-state index contributed by atoms with van der Waals surface area (Å²) in [6, 6.07) is 5.56. The Bertz CT molecular complexity index is 441. The Kier molecular flexibility index (Phi) is 5.36. The summed E-state index contributed by atoms with van der Waals surface area (Å²) in [4.78, 5) is 22.4. The van der Waals surface area contributed by atoms with Gasteiger partial charge in [0.25, 0.3) is 0 Å². The molecule has 0 spiro atoms. The summed E-state index contributed by atoms with van der Waals surface area (Å²) in [5.41, 5.74) is 1.66. The Morgan fingerprint density at radius 3 is 2.61 bits per heavy atom. The van der Waals surface area contributed by atoms with E-state index >= 15 is 0 Å². The van der Waals surface area contributed by atoms with Crippen molar-refractivity contribution < 1.29 is 14.3 Å². The highest BCUT2D eigenvalue weighted by Gasteiger charge is 2.07. The zero-order valence-electron chi connectivity index (χ0n) is 11.1. The van der Waals surface area contributed by atoms with Gasteiger partial charge in [-0.25, -0.2) is 0 Å². The molecule has 0 aliphatic carbocycles. The molecule has 1 amide bonds. The molecule has 0 fully saturated rings. The van der Waals surface area contributed by atoms with Crippen LogP contribution < -0.4 is 10.1 Å². The highest BCUT2D eigenvalue weighted by atomic mass is 16.5. The van der Waals surface area contributed by atoms with Gasteiger partial charge in [0.15, 0.2) is 0 Å². The van der Waals surface area contributed by atoms with E-state index < -0.39 is 0 Å². The van der Waals surface area contributed by atoms with E-state index in [1.807, 2.05) is 19.1 Å². The normalized spacial score (nSPS) is 9.94. The van der Waals surface area contributed by atoms with Crippen LogP contribution in [0.5, 0.6) is 5.75 Å². The number of rotatable bonds is 6. The third-order valence-corrected chi connectivity index (χ3v) is 2.66. The highest BCUT2D eigenvalue weighted by molar-refractivity contribution is 5.90.